The third-order valence-corrected chi connectivity index (χ3v) is 3.79. The van der Waals surface area contributed by atoms with Crippen LogP contribution in [-0.4, -0.2) is 75.0 Å². The molecule has 0 spiro atoms. The van der Waals surface area contributed by atoms with Crippen LogP contribution in [0, 0.1) is 0 Å². The summed E-state index contributed by atoms with van der Waals surface area (Å²) >= 11 is 6.17. The molecule has 1 aromatic carbocycles. The highest BCUT2D eigenvalue weighted by Gasteiger charge is 2.17. The minimum atomic E-state index is 0.0307. The first-order valence-electron chi connectivity index (χ1n) is 7.75. The van der Waals surface area contributed by atoms with Crippen LogP contribution in [0.15, 0.2) is 24.3 Å². The van der Waals surface area contributed by atoms with E-state index in [2.05, 4.69) is 9.80 Å². The van der Waals surface area contributed by atoms with Gasteiger partial charge in [0.05, 0.1) is 10.6 Å². The number of carbonyl (C=O) groups excluding carboxylic acids is 1. The van der Waals surface area contributed by atoms with Gasteiger partial charge in [-0.15, -0.1) is 0 Å². The van der Waals surface area contributed by atoms with Gasteiger partial charge in [-0.05, 0) is 66.3 Å². The van der Waals surface area contributed by atoms with Gasteiger partial charge in [-0.1, -0.05) is 23.7 Å². The maximum atomic E-state index is 12.7. The molecule has 0 aromatic heterocycles. The van der Waals surface area contributed by atoms with Crippen LogP contribution in [0.4, 0.5) is 0 Å². The lowest BCUT2D eigenvalue weighted by atomic mass is 10.2. The molecule has 5 heteroatoms. The molecular formula is C17H28ClN3O. The fraction of sp³-hybridized carbons (Fsp3) is 0.588. The van der Waals surface area contributed by atoms with Gasteiger partial charge in [0.25, 0.3) is 5.91 Å². The fourth-order valence-electron chi connectivity index (χ4n) is 2.28. The van der Waals surface area contributed by atoms with E-state index in [9.17, 15) is 4.79 Å². The molecule has 1 amide bonds. The topological polar surface area (TPSA) is 26.8 Å². The maximum Gasteiger partial charge on any atom is 0.255 e. The van der Waals surface area contributed by atoms with Crippen molar-refractivity contribution in [3.05, 3.63) is 34.9 Å². The standard InChI is InChI=1S/C17H28ClN3O/c1-19(2)11-7-13-21(14-8-12-20(3)4)17(22)15-9-5-6-10-16(15)18/h5-6,9-10H,7-8,11-14H2,1-4H3. The Hall–Kier alpha value is -1.10. The third-order valence-electron chi connectivity index (χ3n) is 3.46. The number of nitrogens with zero attached hydrogens (tertiary/aromatic N) is 3. The second-order valence-electron chi connectivity index (χ2n) is 6.09. The molecule has 0 radical (unpaired) electrons. The summed E-state index contributed by atoms with van der Waals surface area (Å²) in [4.78, 5) is 18.9. The highest BCUT2D eigenvalue weighted by atomic mass is 35.5. The third kappa shape index (κ3) is 6.77. The second kappa shape index (κ2) is 9.82. The summed E-state index contributed by atoms with van der Waals surface area (Å²) in [6.07, 6.45) is 1.93. The van der Waals surface area contributed by atoms with Crippen LogP contribution in [0.1, 0.15) is 23.2 Å². The van der Waals surface area contributed by atoms with Crippen molar-refractivity contribution in [1.82, 2.24) is 14.7 Å². The molecule has 4 nitrogen and oxygen atoms in total. The van der Waals surface area contributed by atoms with Gasteiger partial charge < -0.3 is 14.7 Å². The number of benzene rings is 1. The predicted octanol–water partition coefficient (Wildman–Crippen LogP) is 2.69. The van der Waals surface area contributed by atoms with E-state index in [1.54, 1.807) is 12.1 Å². The Kier molecular flexibility index (Phi) is 8.46. The molecule has 0 heterocycles. The molecule has 0 aliphatic carbocycles. The van der Waals surface area contributed by atoms with E-state index < -0.39 is 0 Å². The molecule has 0 fully saturated rings. The Balaban J connectivity index is 2.70. The van der Waals surface area contributed by atoms with Crippen molar-refractivity contribution < 1.29 is 4.79 Å². The van der Waals surface area contributed by atoms with E-state index in [1.165, 1.54) is 0 Å². The Morgan fingerprint density at radius 2 is 1.41 bits per heavy atom. The van der Waals surface area contributed by atoms with Gasteiger partial charge in [-0.3, -0.25) is 4.79 Å². The highest BCUT2D eigenvalue weighted by Crippen LogP contribution is 2.17. The summed E-state index contributed by atoms with van der Waals surface area (Å²) in [6, 6.07) is 7.28. The normalized spacial score (nSPS) is 11.2. The van der Waals surface area contributed by atoms with Gasteiger partial charge in [0.2, 0.25) is 0 Å². The summed E-state index contributed by atoms with van der Waals surface area (Å²) in [5.74, 6) is 0.0307. The molecule has 124 valence electrons. The van der Waals surface area contributed by atoms with E-state index >= 15 is 0 Å². The number of halogens is 1. The first-order valence-corrected chi connectivity index (χ1v) is 8.13. The van der Waals surface area contributed by atoms with E-state index in [1.807, 2.05) is 45.2 Å². The van der Waals surface area contributed by atoms with Crippen LogP contribution in [0.2, 0.25) is 5.02 Å². The van der Waals surface area contributed by atoms with E-state index in [-0.39, 0.29) is 5.91 Å². The molecule has 1 aromatic rings. The number of amides is 1. The van der Waals surface area contributed by atoms with Gasteiger partial charge >= 0.3 is 0 Å². The van der Waals surface area contributed by atoms with Crippen molar-refractivity contribution in [2.75, 3.05) is 54.4 Å². The summed E-state index contributed by atoms with van der Waals surface area (Å²) in [5.41, 5.74) is 0.596. The van der Waals surface area contributed by atoms with Crippen LogP contribution < -0.4 is 0 Å². The van der Waals surface area contributed by atoms with Gasteiger partial charge in [-0.25, -0.2) is 0 Å². The lowest BCUT2D eigenvalue weighted by molar-refractivity contribution is 0.0745. The SMILES string of the molecule is CN(C)CCCN(CCCN(C)C)C(=O)c1ccccc1Cl. The predicted molar refractivity (Wildman–Crippen MR) is 93.7 cm³/mol. The number of hydrogen-bond donors (Lipinski definition) is 0. The van der Waals surface area contributed by atoms with Crippen LogP contribution in [0.3, 0.4) is 0 Å². The minimum Gasteiger partial charge on any atom is -0.339 e. The number of carbonyl (C=O) groups is 1. The zero-order valence-corrected chi connectivity index (χ0v) is 14.9. The average molecular weight is 326 g/mol. The molecule has 0 bridgehead atoms. The van der Waals surface area contributed by atoms with Crippen molar-refractivity contribution >= 4 is 17.5 Å². The van der Waals surface area contributed by atoms with Gasteiger partial charge in [-0.2, -0.15) is 0 Å². The monoisotopic (exact) mass is 325 g/mol. The summed E-state index contributed by atoms with van der Waals surface area (Å²) in [6.45, 7) is 3.46. The van der Waals surface area contributed by atoms with Gasteiger partial charge in [0.1, 0.15) is 0 Å². The highest BCUT2D eigenvalue weighted by molar-refractivity contribution is 6.33. The molecule has 0 saturated carbocycles. The van der Waals surface area contributed by atoms with Crippen LogP contribution in [-0.2, 0) is 0 Å². The Labute approximate surface area is 139 Å². The van der Waals surface area contributed by atoms with E-state index in [0.29, 0.717) is 10.6 Å². The Morgan fingerprint density at radius 1 is 0.909 bits per heavy atom. The number of hydrogen-bond acceptors (Lipinski definition) is 3. The van der Waals surface area contributed by atoms with E-state index in [0.717, 1.165) is 39.0 Å². The van der Waals surface area contributed by atoms with Crippen LogP contribution >= 0.6 is 11.6 Å². The molecule has 0 N–H and O–H groups in total. The van der Waals surface area contributed by atoms with Crippen molar-refractivity contribution in [2.24, 2.45) is 0 Å². The quantitative estimate of drug-likeness (QED) is 0.698. The van der Waals surface area contributed by atoms with Crippen molar-refractivity contribution in [2.45, 2.75) is 12.8 Å². The Morgan fingerprint density at radius 3 is 1.86 bits per heavy atom. The molecule has 0 unspecified atom stereocenters. The summed E-state index contributed by atoms with van der Waals surface area (Å²) in [7, 11) is 8.19. The van der Waals surface area contributed by atoms with Crippen LogP contribution in [0.25, 0.3) is 0 Å². The smallest absolute Gasteiger partial charge is 0.255 e. The van der Waals surface area contributed by atoms with Gasteiger partial charge in [0.15, 0.2) is 0 Å². The lowest BCUT2D eigenvalue weighted by Gasteiger charge is -2.25. The van der Waals surface area contributed by atoms with Crippen molar-refractivity contribution in [3.8, 4) is 0 Å². The van der Waals surface area contributed by atoms with Gasteiger partial charge in [0, 0.05) is 13.1 Å². The van der Waals surface area contributed by atoms with E-state index in [4.69, 9.17) is 11.6 Å². The molecule has 22 heavy (non-hydrogen) atoms. The molecule has 0 aliphatic rings. The van der Waals surface area contributed by atoms with Crippen molar-refractivity contribution in [1.29, 1.82) is 0 Å². The minimum absolute atomic E-state index is 0.0307. The molecular weight excluding hydrogens is 298 g/mol. The maximum absolute atomic E-state index is 12.7. The molecule has 0 atom stereocenters. The zero-order chi connectivity index (χ0) is 16.5. The molecule has 1 rings (SSSR count). The second-order valence-corrected chi connectivity index (χ2v) is 6.49. The zero-order valence-electron chi connectivity index (χ0n) is 14.2. The first kappa shape index (κ1) is 18.9. The number of rotatable bonds is 9. The summed E-state index contributed by atoms with van der Waals surface area (Å²) in [5, 5.41) is 0.526. The fourth-order valence-corrected chi connectivity index (χ4v) is 2.49. The van der Waals surface area contributed by atoms with Crippen LogP contribution in [0.5, 0.6) is 0 Å². The largest absolute Gasteiger partial charge is 0.339 e. The van der Waals surface area contributed by atoms with Crippen molar-refractivity contribution in [3.63, 3.8) is 0 Å². The first-order chi connectivity index (χ1) is 10.4. The Bertz CT molecular complexity index is 449. The average Bonchev–Trinajstić information content (AvgIpc) is 2.45. The summed E-state index contributed by atoms with van der Waals surface area (Å²) < 4.78 is 0. The molecule has 0 saturated heterocycles. The molecule has 0 aliphatic heterocycles. The lowest BCUT2D eigenvalue weighted by Crippen LogP contribution is -2.35.